The Morgan fingerprint density at radius 1 is 1.27 bits per heavy atom. The van der Waals surface area contributed by atoms with E-state index in [4.69, 9.17) is 0 Å². The van der Waals surface area contributed by atoms with Gasteiger partial charge in [-0.15, -0.1) is 0 Å². The third-order valence-corrected chi connectivity index (χ3v) is 3.85. The SMILES string of the molecule is CC(C)C1CCC(C)(C)C1C. The van der Waals surface area contributed by atoms with Crippen molar-refractivity contribution in [1.82, 2.24) is 0 Å². The molecule has 2 unspecified atom stereocenters. The second-order valence-corrected chi connectivity index (χ2v) is 5.22. The molecule has 0 N–H and O–H groups in total. The topological polar surface area (TPSA) is 0 Å². The van der Waals surface area contributed by atoms with Gasteiger partial charge in [-0.05, 0) is 36.0 Å². The summed E-state index contributed by atoms with van der Waals surface area (Å²) >= 11 is 0. The lowest BCUT2D eigenvalue weighted by molar-refractivity contribution is 0.206. The van der Waals surface area contributed by atoms with Crippen molar-refractivity contribution >= 4 is 0 Å². The first-order chi connectivity index (χ1) is 4.95. The minimum Gasteiger partial charge on any atom is -0.0625 e. The van der Waals surface area contributed by atoms with Gasteiger partial charge in [-0.2, -0.15) is 0 Å². The van der Waals surface area contributed by atoms with Crippen molar-refractivity contribution in [3.8, 4) is 0 Å². The fraction of sp³-hybridized carbons (Fsp3) is 1.00. The van der Waals surface area contributed by atoms with Crippen LogP contribution < -0.4 is 0 Å². The zero-order chi connectivity index (χ0) is 8.65. The number of hydrogen-bond donors (Lipinski definition) is 0. The zero-order valence-corrected chi connectivity index (χ0v) is 8.65. The van der Waals surface area contributed by atoms with Crippen LogP contribution >= 0.6 is 0 Å². The Morgan fingerprint density at radius 3 is 2.00 bits per heavy atom. The minimum atomic E-state index is 0.606. The Bertz CT molecular complexity index is 133. The third kappa shape index (κ3) is 1.60. The van der Waals surface area contributed by atoms with Crippen LogP contribution in [-0.2, 0) is 0 Å². The van der Waals surface area contributed by atoms with Crippen LogP contribution in [0.5, 0.6) is 0 Å². The molecule has 0 spiro atoms. The van der Waals surface area contributed by atoms with Crippen molar-refractivity contribution in [3.05, 3.63) is 0 Å². The zero-order valence-electron chi connectivity index (χ0n) is 8.65. The lowest BCUT2D eigenvalue weighted by Gasteiger charge is -2.28. The summed E-state index contributed by atoms with van der Waals surface area (Å²) in [5.41, 5.74) is 0.606. The Kier molecular flexibility index (Phi) is 2.32. The van der Waals surface area contributed by atoms with Crippen LogP contribution in [0.25, 0.3) is 0 Å². The molecule has 1 rings (SSSR count). The van der Waals surface area contributed by atoms with Gasteiger partial charge in [-0.25, -0.2) is 0 Å². The molecule has 0 aliphatic heterocycles. The molecular weight excluding hydrogens is 132 g/mol. The first-order valence-corrected chi connectivity index (χ1v) is 4.95. The molecule has 11 heavy (non-hydrogen) atoms. The molecule has 66 valence electrons. The highest BCUT2D eigenvalue weighted by molar-refractivity contribution is 4.89. The van der Waals surface area contributed by atoms with Gasteiger partial charge in [-0.3, -0.25) is 0 Å². The molecule has 0 bridgehead atoms. The molecule has 0 aromatic heterocycles. The summed E-state index contributed by atoms with van der Waals surface area (Å²) in [5.74, 6) is 2.78. The fourth-order valence-electron chi connectivity index (χ4n) is 2.51. The molecule has 2 atom stereocenters. The van der Waals surface area contributed by atoms with Crippen LogP contribution in [-0.4, -0.2) is 0 Å². The van der Waals surface area contributed by atoms with Gasteiger partial charge in [0, 0.05) is 0 Å². The minimum absolute atomic E-state index is 0.606. The Labute approximate surface area is 71.4 Å². The van der Waals surface area contributed by atoms with E-state index in [-0.39, 0.29) is 0 Å². The predicted octanol–water partition coefficient (Wildman–Crippen LogP) is 3.71. The lowest BCUT2D eigenvalue weighted by Crippen LogP contribution is -2.21. The van der Waals surface area contributed by atoms with Gasteiger partial charge in [0.15, 0.2) is 0 Å². The van der Waals surface area contributed by atoms with Crippen molar-refractivity contribution in [2.45, 2.75) is 47.5 Å². The van der Waals surface area contributed by atoms with Crippen LogP contribution in [0, 0.1) is 23.2 Å². The molecule has 1 aliphatic carbocycles. The van der Waals surface area contributed by atoms with Gasteiger partial charge in [0.05, 0.1) is 0 Å². The lowest BCUT2D eigenvalue weighted by atomic mass is 9.77. The molecule has 0 nitrogen and oxygen atoms in total. The average molecular weight is 154 g/mol. The van der Waals surface area contributed by atoms with Crippen LogP contribution in [0.3, 0.4) is 0 Å². The van der Waals surface area contributed by atoms with Crippen molar-refractivity contribution < 1.29 is 0 Å². The van der Waals surface area contributed by atoms with Crippen LogP contribution in [0.4, 0.5) is 0 Å². The highest BCUT2D eigenvalue weighted by Crippen LogP contribution is 2.48. The van der Waals surface area contributed by atoms with Crippen molar-refractivity contribution in [1.29, 1.82) is 0 Å². The smallest absolute Gasteiger partial charge is 0.0326 e. The van der Waals surface area contributed by atoms with Crippen molar-refractivity contribution in [2.75, 3.05) is 0 Å². The summed E-state index contributed by atoms with van der Waals surface area (Å²) in [7, 11) is 0. The van der Waals surface area contributed by atoms with Gasteiger partial charge in [0.1, 0.15) is 0 Å². The molecule has 1 fully saturated rings. The molecule has 1 saturated carbocycles. The summed E-state index contributed by atoms with van der Waals surface area (Å²) in [4.78, 5) is 0. The molecule has 0 heteroatoms. The maximum absolute atomic E-state index is 2.43. The summed E-state index contributed by atoms with van der Waals surface area (Å²) in [6.07, 6.45) is 2.88. The maximum Gasteiger partial charge on any atom is -0.0326 e. The van der Waals surface area contributed by atoms with Gasteiger partial charge in [-0.1, -0.05) is 34.6 Å². The normalized spacial score (nSPS) is 36.5. The van der Waals surface area contributed by atoms with Gasteiger partial charge in [0.2, 0.25) is 0 Å². The predicted molar refractivity (Wildman–Crippen MR) is 50.5 cm³/mol. The molecule has 0 aromatic carbocycles. The molecule has 0 heterocycles. The summed E-state index contributed by atoms with van der Waals surface area (Å²) < 4.78 is 0. The average Bonchev–Trinajstić information content (AvgIpc) is 2.09. The Morgan fingerprint density at radius 2 is 1.82 bits per heavy atom. The molecule has 1 aliphatic rings. The van der Waals surface area contributed by atoms with Gasteiger partial charge >= 0.3 is 0 Å². The Hall–Kier alpha value is 0. The quantitative estimate of drug-likeness (QED) is 0.540. The van der Waals surface area contributed by atoms with E-state index in [1.165, 1.54) is 12.8 Å². The monoisotopic (exact) mass is 154 g/mol. The van der Waals surface area contributed by atoms with E-state index in [0.717, 1.165) is 17.8 Å². The Balaban J connectivity index is 2.63. The van der Waals surface area contributed by atoms with E-state index >= 15 is 0 Å². The summed E-state index contributed by atoms with van der Waals surface area (Å²) in [5, 5.41) is 0. The first kappa shape index (κ1) is 9.09. The number of rotatable bonds is 1. The second kappa shape index (κ2) is 2.80. The van der Waals surface area contributed by atoms with E-state index in [2.05, 4.69) is 34.6 Å². The van der Waals surface area contributed by atoms with E-state index in [1.807, 2.05) is 0 Å². The van der Waals surface area contributed by atoms with Gasteiger partial charge in [0.25, 0.3) is 0 Å². The van der Waals surface area contributed by atoms with Crippen LogP contribution in [0.2, 0.25) is 0 Å². The first-order valence-electron chi connectivity index (χ1n) is 4.95. The van der Waals surface area contributed by atoms with Crippen molar-refractivity contribution in [2.24, 2.45) is 23.2 Å². The molecular formula is C11H22. The van der Waals surface area contributed by atoms with Crippen LogP contribution in [0.1, 0.15) is 47.5 Å². The van der Waals surface area contributed by atoms with Crippen LogP contribution in [0.15, 0.2) is 0 Å². The second-order valence-electron chi connectivity index (χ2n) is 5.22. The summed E-state index contributed by atoms with van der Waals surface area (Å²) in [6.45, 7) is 12.0. The molecule has 0 aromatic rings. The molecule has 0 radical (unpaired) electrons. The third-order valence-electron chi connectivity index (χ3n) is 3.85. The summed E-state index contributed by atoms with van der Waals surface area (Å²) in [6, 6.07) is 0. The standard InChI is InChI=1S/C11H22/c1-8(2)10-6-7-11(4,5)9(10)3/h8-10H,6-7H2,1-5H3. The van der Waals surface area contributed by atoms with Crippen molar-refractivity contribution in [3.63, 3.8) is 0 Å². The number of hydrogen-bond acceptors (Lipinski definition) is 0. The molecule has 0 saturated heterocycles. The van der Waals surface area contributed by atoms with E-state index < -0.39 is 0 Å². The van der Waals surface area contributed by atoms with Gasteiger partial charge < -0.3 is 0 Å². The highest BCUT2D eigenvalue weighted by Gasteiger charge is 2.39. The highest BCUT2D eigenvalue weighted by atomic mass is 14.4. The van der Waals surface area contributed by atoms with E-state index in [9.17, 15) is 0 Å². The largest absolute Gasteiger partial charge is 0.0625 e. The molecule has 0 amide bonds. The van der Waals surface area contributed by atoms with E-state index in [0.29, 0.717) is 5.41 Å². The maximum atomic E-state index is 2.43. The fourth-order valence-corrected chi connectivity index (χ4v) is 2.51. The van der Waals surface area contributed by atoms with E-state index in [1.54, 1.807) is 0 Å².